The first-order chi connectivity index (χ1) is 11.8. The van der Waals surface area contributed by atoms with Gasteiger partial charge < -0.3 is 14.4 Å². The van der Waals surface area contributed by atoms with Crippen LogP contribution >= 0.6 is 0 Å². The zero-order chi connectivity index (χ0) is 16.5. The molecule has 0 unspecified atom stereocenters. The summed E-state index contributed by atoms with van der Waals surface area (Å²) in [5, 5.41) is 0.975. The van der Waals surface area contributed by atoms with Crippen molar-refractivity contribution in [3.8, 4) is 5.75 Å². The second-order valence-electron chi connectivity index (χ2n) is 6.51. The van der Waals surface area contributed by atoms with Gasteiger partial charge in [0.15, 0.2) is 0 Å². The first-order valence-corrected chi connectivity index (χ1v) is 8.63. The van der Waals surface area contributed by atoms with E-state index in [0.29, 0.717) is 18.8 Å². The van der Waals surface area contributed by atoms with Crippen molar-refractivity contribution in [2.45, 2.75) is 37.8 Å². The Bertz CT molecular complexity index is 759. The largest absolute Gasteiger partial charge is 0.497 e. The molecule has 2 aromatic rings. The minimum absolute atomic E-state index is 0.0212. The molecule has 5 nitrogen and oxygen atoms in total. The SMILES string of the molecule is COc1ccc2nc(C(=O)N3CCO[C@@H]4CCCC[C@H]43)ccc2c1. The lowest BCUT2D eigenvalue weighted by molar-refractivity contribution is -0.0754. The molecule has 1 saturated heterocycles. The van der Waals surface area contributed by atoms with Crippen LogP contribution in [0.3, 0.4) is 0 Å². The van der Waals surface area contributed by atoms with E-state index in [1.165, 1.54) is 12.8 Å². The van der Waals surface area contributed by atoms with Crippen molar-refractivity contribution < 1.29 is 14.3 Å². The molecule has 2 atom stereocenters. The van der Waals surface area contributed by atoms with E-state index in [4.69, 9.17) is 9.47 Å². The van der Waals surface area contributed by atoms with Crippen molar-refractivity contribution in [3.05, 3.63) is 36.0 Å². The number of methoxy groups -OCH3 is 1. The standard InChI is InChI=1S/C19H22N2O3/c1-23-14-7-9-15-13(12-14)6-8-16(20-15)19(22)21-10-11-24-18-5-3-2-4-17(18)21/h6-9,12,17-18H,2-5,10-11H2,1H3/t17-,18-/m1/s1. The number of pyridine rings is 1. The zero-order valence-corrected chi connectivity index (χ0v) is 13.9. The molecule has 1 aliphatic carbocycles. The lowest BCUT2D eigenvalue weighted by atomic mass is 9.90. The molecule has 0 radical (unpaired) electrons. The molecule has 24 heavy (non-hydrogen) atoms. The first kappa shape index (κ1) is 15.4. The zero-order valence-electron chi connectivity index (χ0n) is 13.9. The molecule has 1 aromatic carbocycles. The maximum Gasteiger partial charge on any atom is 0.272 e. The Labute approximate surface area is 141 Å². The van der Waals surface area contributed by atoms with Crippen molar-refractivity contribution in [1.82, 2.24) is 9.88 Å². The number of hydrogen-bond acceptors (Lipinski definition) is 4. The van der Waals surface area contributed by atoms with Gasteiger partial charge in [-0.05, 0) is 37.1 Å². The van der Waals surface area contributed by atoms with E-state index in [1.807, 2.05) is 35.2 Å². The van der Waals surface area contributed by atoms with Crippen LogP contribution in [0.5, 0.6) is 5.75 Å². The summed E-state index contributed by atoms with van der Waals surface area (Å²) >= 11 is 0. The molecule has 0 bridgehead atoms. The van der Waals surface area contributed by atoms with E-state index in [9.17, 15) is 4.79 Å². The van der Waals surface area contributed by atoms with Gasteiger partial charge in [0.1, 0.15) is 11.4 Å². The molecule has 1 aliphatic heterocycles. The molecule has 1 saturated carbocycles. The fourth-order valence-corrected chi connectivity index (χ4v) is 3.85. The van der Waals surface area contributed by atoms with Gasteiger partial charge in [-0.2, -0.15) is 0 Å². The second kappa shape index (κ2) is 6.40. The van der Waals surface area contributed by atoms with Crippen molar-refractivity contribution in [2.75, 3.05) is 20.3 Å². The molecule has 4 rings (SSSR count). The smallest absolute Gasteiger partial charge is 0.272 e. The Hall–Kier alpha value is -2.14. The summed E-state index contributed by atoms with van der Waals surface area (Å²) in [5.41, 5.74) is 1.33. The third-order valence-electron chi connectivity index (χ3n) is 5.11. The molecule has 2 heterocycles. The van der Waals surface area contributed by atoms with E-state index in [-0.39, 0.29) is 18.1 Å². The van der Waals surface area contributed by atoms with Gasteiger partial charge >= 0.3 is 0 Å². The van der Waals surface area contributed by atoms with Gasteiger partial charge in [-0.15, -0.1) is 0 Å². The lowest BCUT2D eigenvalue weighted by Gasteiger charge is -2.43. The minimum atomic E-state index is 0.0212. The summed E-state index contributed by atoms with van der Waals surface area (Å²) in [6.45, 7) is 1.28. The number of morpholine rings is 1. The molecule has 2 aliphatic rings. The average Bonchev–Trinajstić information content (AvgIpc) is 2.66. The summed E-state index contributed by atoms with van der Waals surface area (Å²) < 4.78 is 11.1. The Morgan fingerprint density at radius 2 is 2.12 bits per heavy atom. The molecular formula is C19H22N2O3. The molecule has 126 valence electrons. The number of rotatable bonds is 2. The third-order valence-corrected chi connectivity index (χ3v) is 5.11. The fraction of sp³-hybridized carbons (Fsp3) is 0.474. The van der Waals surface area contributed by atoms with Crippen molar-refractivity contribution in [2.24, 2.45) is 0 Å². The van der Waals surface area contributed by atoms with Crippen LogP contribution in [0.15, 0.2) is 30.3 Å². The highest BCUT2D eigenvalue weighted by Crippen LogP contribution is 2.29. The Kier molecular flexibility index (Phi) is 4.10. The summed E-state index contributed by atoms with van der Waals surface area (Å²) in [6.07, 6.45) is 4.64. The number of hydrogen-bond donors (Lipinski definition) is 0. The Morgan fingerprint density at radius 1 is 1.25 bits per heavy atom. The van der Waals surface area contributed by atoms with Gasteiger partial charge in [0.05, 0.1) is 31.4 Å². The number of fused-ring (bicyclic) bond motifs is 2. The molecule has 1 amide bonds. The molecule has 1 aromatic heterocycles. The summed E-state index contributed by atoms with van der Waals surface area (Å²) in [5.74, 6) is 0.814. The van der Waals surface area contributed by atoms with Gasteiger partial charge in [-0.3, -0.25) is 4.79 Å². The second-order valence-corrected chi connectivity index (χ2v) is 6.51. The number of carbonyl (C=O) groups excluding carboxylic acids is 1. The van der Waals surface area contributed by atoms with Crippen LogP contribution in [0.25, 0.3) is 10.9 Å². The molecule has 0 spiro atoms. The fourth-order valence-electron chi connectivity index (χ4n) is 3.85. The van der Waals surface area contributed by atoms with Crippen molar-refractivity contribution >= 4 is 16.8 Å². The normalized spacial score (nSPS) is 23.8. The van der Waals surface area contributed by atoms with Gasteiger partial charge in [0.25, 0.3) is 5.91 Å². The quantitative estimate of drug-likeness (QED) is 0.851. The van der Waals surface area contributed by atoms with E-state index in [0.717, 1.165) is 29.5 Å². The number of aromatic nitrogens is 1. The predicted molar refractivity (Wildman–Crippen MR) is 91.3 cm³/mol. The highest BCUT2D eigenvalue weighted by Gasteiger charge is 2.37. The van der Waals surface area contributed by atoms with E-state index < -0.39 is 0 Å². The van der Waals surface area contributed by atoms with Crippen LogP contribution in [0, 0.1) is 0 Å². The topological polar surface area (TPSA) is 51.7 Å². The number of amides is 1. The van der Waals surface area contributed by atoms with E-state index in [2.05, 4.69) is 4.98 Å². The highest BCUT2D eigenvalue weighted by atomic mass is 16.5. The maximum absolute atomic E-state index is 13.0. The Balaban J connectivity index is 1.62. The van der Waals surface area contributed by atoms with Crippen molar-refractivity contribution in [3.63, 3.8) is 0 Å². The molecule has 2 fully saturated rings. The van der Waals surface area contributed by atoms with Crippen LogP contribution in [-0.2, 0) is 4.74 Å². The summed E-state index contributed by atoms with van der Waals surface area (Å²) in [4.78, 5) is 19.6. The molecular weight excluding hydrogens is 304 g/mol. The number of ether oxygens (including phenoxy) is 2. The van der Waals surface area contributed by atoms with Gasteiger partial charge in [-0.25, -0.2) is 4.98 Å². The highest BCUT2D eigenvalue weighted by molar-refractivity contribution is 5.95. The number of nitrogens with zero attached hydrogens (tertiary/aromatic N) is 2. The van der Waals surface area contributed by atoms with Crippen LogP contribution in [0.4, 0.5) is 0 Å². The minimum Gasteiger partial charge on any atom is -0.497 e. The Morgan fingerprint density at radius 3 is 3.00 bits per heavy atom. The predicted octanol–water partition coefficient (Wildman–Crippen LogP) is 3.03. The third kappa shape index (κ3) is 2.73. The number of benzene rings is 1. The van der Waals surface area contributed by atoms with Gasteiger partial charge in [0, 0.05) is 11.9 Å². The van der Waals surface area contributed by atoms with Crippen LogP contribution < -0.4 is 4.74 Å². The van der Waals surface area contributed by atoms with E-state index >= 15 is 0 Å². The first-order valence-electron chi connectivity index (χ1n) is 8.63. The average molecular weight is 326 g/mol. The molecule has 0 N–H and O–H groups in total. The molecule has 5 heteroatoms. The van der Waals surface area contributed by atoms with Crippen LogP contribution in [0.1, 0.15) is 36.2 Å². The number of carbonyl (C=O) groups is 1. The van der Waals surface area contributed by atoms with Gasteiger partial charge in [0.2, 0.25) is 0 Å². The lowest BCUT2D eigenvalue weighted by Crippen LogP contribution is -2.54. The monoisotopic (exact) mass is 326 g/mol. The maximum atomic E-state index is 13.0. The van der Waals surface area contributed by atoms with Crippen molar-refractivity contribution in [1.29, 1.82) is 0 Å². The summed E-state index contributed by atoms with van der Waals surface area (Å²) in [6, 6.07) is 9.66. The van der Waals surface area contributed by atoms with E-state index in [1.54, 1.807) is 7.11 Å². The van der Waals surface area contributed by atoms with Crippen LogP contribution in [-0.4, -0.2) is 48.2 Å². The van der Waals surface area contributed by atoms with Gasteiger partial charge in [-0.1, -0.05) is 18.9 Å². The summed E-state index contributed by atoms with van der Waals surface area (Å²) in [7, 11) is 1.64. The van der Waals surface area contributed by atoms with Crippen LogP contribution in [0.2, 0.25) is 0 Å².